The minimum atomic E-state index is -0.170. The van der Waals surface area contributed by atoms with Gasteiger partial charge in [0.1, 0.15) is 0 Å². The van der Waals surface area contributed by atoms with Crippen molar-refractivity contribution in [1.82, 2.24) is 0 Å². The molecule has 0 atom stereocenters. The lowest BCUT2D eigenvalue weighted by molar-refractivity contribution is 0.632. The normalized spacial score (nSPS) is 13.1. The third-order valence-corrected chi connectivity index (χ3v) is 15.1. The van der Waals surface area contributed by atoms with Gasteiger partial charge in [0.15, 0.2) is 0 Å². The average molecular weight is 897 g/mol. The lowest BCUT2D eigenvalue weighted by Crippen LogP contribution is -2.30. The zero-order valence-corrected chi connectivity index (χ0v) is 40.0. The Balaban J connectivity index is 1.19. The number of fused-ring (bicyclic) bond motifs is 8. The molecule has 0 bridgehead atoms. The molecule has 2 heteroatoms. The van der Waals surface area contributed by atoms with Crippen LogP contribution >= 0.6 is 0 Å². The summed E-state index contributed by atoms with van der Waals surface area (Å²) in [4.78, 5) is 4.97. The molecular weight excluding hydrogens is 845 g/mol. The number of rotatable bonds is 7. The summed E-state index contributed by atoms with van der Waals surface area (Å²) in [5.74, 6) is 0.326. The first kappa shape index (κ1) is 41.7. The van der Waals surface area contributed by atoms with Crippen molar-refractivity contribution in [3.63, 3.8) is 0 Å². The van der Waals surface area contributed by atoms with Crippen LogP contribution in [0.1, 0.15) is 50.3 Å². The summed E-state index contributed by atoms with van der Waals surface area (Å²) < 4.78 is 0. The van der Waals surface area contributed by atoms with E-state index in [1.807, 2.05) is 0 Å². The topological polar surface area (TPSA) is 6.48 Å². The van der Waals surface area contributed by atoms with Gasteiger partial charge in [-0.05, 0) is 165 Å². The van der Waals surface area contributed by atoms with Crippen molar-refractivity contribution in [2.24, 2.45) is 0 Å². The highest BCUT2D eigenvalue weighted by Crippen LogP contribution is 2.54. The fraction of sp³-hybridized carbons (Fsp3) is 0.0882. The molecule has 0 amide bonds. The first-order valence-electron chi connectivity index (χ1n) is 24.7. The molecule has 1 aliphatic heterocycles. The maximum atomic E-state index is 2.50. The fourth-order valence-electron chi connectivity index (χ4n) is 11.8. The van der Waals surface area contributed by atoms with Crippen molar-refractivity contribution >= 4 is 88.0 Å². The van der Waals surface area contributed by atoms with Crippen LogP contribution in [0.2, 0.25) is 0 Å². The van der Waals surface area contributed by atoms with Crippen LogP contribution in [-0.4, -0.2) is 0 Å². The molecule has 13 rings (SSSR count). The number of hydrogen-bond donors (Lipinski definition) is 0. The van der Waals surface area contributed by atoms with Gasteiger partial charge in [-0.3, -0.25) is 0 Å². The van der Waals surface area contributed by atoms with Crippen LogP contribution < -0.4 is 9.80 Å². The molecule has 334 valence electrons. The summed E-state index contributed by atoms with van der Waals surface area (Å²) >= 11 is 0. The van der Waals surface area contributed by atoms with Gasteiger partial charge in [0.05, 0.1) is 11.4 Å². The van der Waals surface area contributed by atoms with E-state index in [4.69, 9.17) is 0 Å². The van der Waals surface area contributed by atoms with Crippen molar-refractivity contribution in [2.45, 2.75) is 39.0 Å². The molecule has 1 aliphatic rings. The van der Waals surface area contributed by atoms with Gasteiger partial charge < -0.3 is 9.80 Å². The molecule has 12 aromatic carbocycles. The smallest absolute Gasteiger partial charge is 0.0502 e. The minimum absolute atomic E-state index is 0.170. The molecule has 0 fully saturated rings. The molecule has 0 unspecified atom stereocenters. The number of hydrogen-bond acceptors (Lipinski definition) is 2. The maximum Gasteiger partial charge on any atom is 0.0502 e. The standard InChI is InChI=1S/C68H52N2/c1-44(2)52-25-14-17-31-63(52)69(49-23-6-5-7-24-49)50-36-39-57-59(42-50)66(48-35-34-45-20-8-9-21-46(45)40-48)56-38-37-51(70-64-32-18-15-29-61(64)68(3,4)62-30-16-19-33-65(62)70)43-60(56)67(57)58-41-47-22-10-11-26-53(47)54-27-12-13-28-55(54)58/h5-44H,1-4H3. The molecule has 0 saturated carbocycles. The van der Waals surface area contributed by atoms with Gasteiger partial charge in [0, 0.05) is 28.2 Å². The van der Waals surface area contributed by atoms with Crippen molar-refractivity contribution in [2.75, 3.05) is 9.80 Å². The Labute approximate surface area is 410 Å². The molecule has 0 N–H and O–H groups in total. The highest BCUT2D eigenvalue weighted by atomic mass is 15.2. The molecule has 0 saturated heterocycles. The average Bonchev–Trinajstić information content (AvgIpc) is 3.40. The van der Waals surface area contributed by atoms with E-state index < -0.39 is 0 Å². The van der Waals surface area contributed by atoms with Crippen LogP contribution in [0.3, 0.4) is 0 Å². The van der Waals surface area contributed by atoms with Crippen molar-refractivity contribution in [1.29, 1.82) is 0 Å². The van der Waals surface area contributed by atoms with Crippen LogP contribution in [0, 0.1) is 0 Å². The van der Waals surface area contributed by atoms with E-state index in [9.17, 15) is 0 Å². The van der Waals surface area contributed by atoms with Crippen molar-refractivity contribution in [3.8, 4) is 22.3 Å². The van der Waals surface area contributed by atoms with E-state index in [0.717, 1.165) is 17.1 Å². The summed E-state index contributed by atoms with van der Waals surface area (Å²) in [6.07, 6.45) is 0. The third-order valence-electron chi connectivity index (χ3n) is 15.1. The van der Waals surface area contributed by atoms with Crippen LogP contribution in [-0.2, 0) is 5.41 Å². The monoisotopic (exact) mass is 896 g/mol. The van der Waals surface area contributed by atoms with Gasteiger partial charge in [-0.1, -0.05) is 198 Å². The number of benzene rings is 12. The van der Waals surface area contributed by atoms with Crippen LogP contribution in [0.15, 0.2) is 237 Å². The lowest BCUT2D eigenvalue weighted by Gasteiger charge is -2.42. The fourth-order valence-corrected chi connectivity index (χ4v) is 11.8. The Hall–Kier alpha value is -8.46. The second-order valence-corrected chi connectivity index (χ2v) is 19.8. The molecule has 0 aromatic heterocycles. The van der Waals surface area contributed by atoms with E-state index in [0.29, 0.717) is 5.92 Å². The quantitative estimate of drug-likeness (QED) is 0.116. The second kappa shape index (κ2) is 16.4. The molecule has 0 spiro atoms. The summed E-state index contributed by atoms with van der Waals surface area (Å²) in [7, 11) is 0. The number of nitrogens with zero attached hydrogens (tertiary/aromatic N) is 2. The summed E-state index contributed by atoms with van der Waals surface area (Å²) in [5, 5.41) is 12.3. The van der Waals surface area contributed by atoms with E-state index >= 15 is 0 Å². The highest BCUT2D eigenvalue weighted by Gasteiger charge is 2.37. The SMILES string of the molecule is CC(C)c1ccccc1N(c1ccccc1)c1ccc2c(-c3cc4ccccc4c4ccccc34)c3cc(N4c5ccccc5C(C)(C)c5ccccc54)ccc3c(-c3ccc4ccccc4c3)c2c1. The van der Waals surface area contributed by atoms with Gasteiger partial charge in [-0.2, -0.15) is 0 Å². The second-order valence-electron chi connectivity index (χ2n) is 19.8. The van der Waals surface area contributed by atoms with E-state index in [1.54, 1.807) is 0 Å². The van der Waals surface area contributed by atoms with E-state index in [2.05, 4.69) is 274 Å². The Morgan fingerprint density at radius 3 is 1.73 bits per heavy atom. The van der Waals surface area contributed by atoms with Crippen LogP contribution in [0.25, 0.3) is 76.1 Å². The predicted octanol–water partition coefficient (Wildman–Crippen LogP) is 19.5. The van der Waals surface area contributed by atoms with Crippen LogP contribution in [0.4, 0.5) is 34.1 Å². The molecule has 12 aromatic rings. The molecule has 1 heterocycles. The molecule has 70 heavy (non-hydrogen) atoms. The maximum absolute atomic E-state index is 2.50. The summed E-state index contributed by atoms with van der Waals surface area (Å²) in [6, 6.07) is 88.4. The van der Waals surface area contributed by atoms with Gasteiger partial charge in [0.25, 0.3) is 0 Å². The summed E-state index contributed by atoms with van der Waals surface area (Å²) in [6.45, 7) is 9.31. The Bertz CT molecular complexity index is 3980. The lowest BCUT2D eigenvalue weighted by atomic mass is 9.73. The Morgan fingerprint density at radius 1 is 0.386 bits per heavy atom. The molecular formula is C68H52N2. The largest absolute Gasteiger partial charge is 0.310 e. The van der Waals surface area contributed by atoms with Gasteiger partial charge in [0.2, 0.25) is 0 Å². The highest BCUT2D eigenvalue weighted by molar-refractivity contribution is 6.27. The zero-order chi connectivity index (χ0) is 47.1. The Morgan fingerprint density at radius 2 is 0.971 bits per heavy atom. The van der Waals surface area contributed by atoms with Crippen molar-refractivity contribution < 1.29 is 0 Å². The molecule has 2 nitrogen and oxygen atoms in total. The molecule has 0 radical (unpaired) electrons. The van der Waals surface area contributed by atoms with Gasteiger partial charge >= 0.3 is 0 Å². The van der Waals surface area contributed by atoms with Gasteiger partial charge in [-0.15, -0.1) is 0 Å². The number of anilines is 6. The van der Waals surface area contributed by atoms with Crippen LogP contribution in [0.5, 0.6) is 0 Å². The van der Waals surface area contributed by atoms with E-state index in [1.165, 1.54) is 110 Å². The van der Waals surface area contributed by atoms with Crippen molar-refractivity contribution in [3.05, 3.63) is 253 Å². The third kappa shape index (κ3) is 6.55. The molecule has 0 aliphatic carbocycles. The number of para-hydroxylation sites is 4. The summed E-state index contributed by atoms with van der Waals surface area (Å²) in [5.41, 5.74) is 15.6. The zero-order valence-electron chi connectivity index (χ0n) is 40.0. The first-order valence-corrected chi connectivity index (χ1v) is 24.7. The minimum Gasteiger partial charge on any atom is -0.310 e. The van der Waals surface area contributed by atoms with Gasteiger partial charge in [-0.25, -0.2) is 0 Å². The first-order chi connectivity index (χ1) is 34.3. The Kier molecular flexibility index (Phi) is 9.75. The predicted molar refractivity (Wildman–Crippen MR) is 300 cm³/mol. The van der Waals surface area contributed by atoms with E-state index in [-0.39, 0.29) is 5.41 Å².